The summed E-state index contributed by atoms with van der Waals surface area (Å²) < 4.78 is 0. The summed E-state index contributed by atoms with van der Waals surface area (Å²) in [5.41, 5.74) is 1.23. The number of rotatable bonds is 2. The summed E-state index contributed by atoms with van der Waals surface area (Å²) in [6, 6.07) is 6.51. The van der Waals surface area contributed by atoms with Gasteiger partial charge in [0.1, 0.15) is 0 Å². The van der Waals surface area contributed by atoms with Crippen molar-refractivity contribution < 1.29 is 0 Å². The van der Waals surface area contributed by atoms with Crippen molar-refractivity contribution in [3.8, 4) is 0 Å². The zero-order valence-electron chi connectivity index (χ0n) is 10.0. The first-order valence-electron chi connectivity index (χ1n) is 6.05. The molecular weight excluding hydrogens is 255 g/mol. The van der Waals surface area contributed by atoms with Crippen molar-refractivity contribution in [2.75, 3.05) is 19.6 Å². The Morgan fingerprint density at radius 1 is 1.29 bits per heavy atom. The van der Waals surface area contributed by atoms with E-state index in [4.69, 9.17) is 23.2 Å². The number of nitrogens with one attached hydrogen (secondary N) is 1. The molecule has 1 N–H and O–H groups in total. The van der Waals surface area contributed by atoms with Crippen molar-refractivity contribution in [3.63, 3.8) is 0 Å². The maximum atomic E-state index is 6.02. The lowest BCUT2D eigenvalue weighted by atomic mass is 10.2. The van der Waals surface area contributed by atoms with Gasteiger partial charge in [0.2, 0.25) is 0 Å². The molecule has 0 aromatic heterocycles. The monoisotopic (exact) mass is 272 g/mol. The highest BCUT2D eigenvalue weighted by Gasteiger charge is 2.13. The highest BCUT2D eigenvalue weighted by molar-refractivity contribution is 6.42. The molecule has 0 bridgehead atoms. The molecule has 1 aliphatic rings. The predicted molar refractivity (Wildman–Crippen MR) is 73.8 cm³/mol. The van der Waals surface area contributed by atoms with E-state index in [1.54, 1.807) is 0 Å². The summed E-state index contributed by atoms with van der Waals surface area (Å²) in [7, 11) is 0. The van der Waals surface area contributed by atoms with Crippen LogP contribution < -0.4 is 5.32 Å². The van der Waals surface area contributed by atoms with Gasteiger partial charge < -0.3 is 5.32 Å². The van der Waals surface area contributed by atoms with Crippen LogP contribution in [-0.2, 0) is 6.54 Å². The van der Waals surface area contributed by atoms with Crippen LogP contribution in [0.5, 0.6) is 0 Å². The number of hydrogen-bond donors (Lipinski definition) is 1. The molecule has 1 aliphatic heterocycles. The number of halogens is 2. The van der Waals surface area contributed by atoms with E-state index in [-0.39, 0.29) is 0 Å². The second-order valence-electron chi connectivity index (χ2n) is 4.67. The van der Waals surface area contributed by atoms with Crippen molar-refractivity contribution in [1.82, 2.24) is 10.2 Å². The lowest BCUT2D eigenvalue weighted by Crippen LogP contribution is -2.28. The van der Waals surface area contributed by atoms with Crippen molar-refractivity contribution in [3.05, 3.63) is 33.8 Å². The smallest absolute Gasteiger partial charge is 0.0595 e. The second kappa shape index (κ2) is 6.05. The first kappa shape index (κ1) is 13.2. The van der Waals surface area contributed by atoms with E-state index in [2.05, 4.69) is 23.2 Å². The van der Waals surface area contributed by atoms with Gasteiger partial charge in [0.15, 0.2) is 0 Å². The molecule has 2 nitrogen and oxygen atoms in total. The zero-order chi connectivity index (χ0) is 12.3. The van der Waals surface area contributed by atoms with Crippen LogP contribution in [-0.4, -0.2) is 30.6 Å². The van der Waals surface area contributed by atoms with Gasteiger partial charge in [0.25, 0.3) is 0 Å². The standard InChI is InChI=1S/C13H18Cl2N2/c1-10-4-6-17(7-5-16-10)9-11-2-3-12(14)13(15)8-11/h2-3,8,10,16H,4-7,9H2,1H3. The summed E-state index contributed by atoms with van der Waals surface area (Å²) in [5, 5.41) is 4.76. The molecule has 1 fully saturated rings. The Bertz CT molecular complexity index is 382. The fourth-order valence-electron chi connectivity index (χ4n) is 2.11. The molecule has 1 aromatic rings. The fraction of sp³-hybridized carbons (Fsp3) is 0.538. The van der Waals surface area contributed by atoms with Crippen LogP contribution >= 0.6 is 23.2 Å². The molecule has 4 heteroatoms. The minimum atomic E-state index is 0.619. The van der Waals surface area contributed by atoms with E-state index in [9.17, 15) is 0 Å². The Kier molecular flexibility index (Phi) is 4.69. The van der Waals surface area contributed by atoms with E-state index in [0.29, 0.717) is 16.1 Å². The third-order valence-electron chi connectivity index (χ3n) is 3.19. The van der Waals surface area contributed by atoms with Gasteiger partial charge in [-0.3, -0.25) is 4.90 Å². The van der Waals surface area contributed by atoms with Gasteiger partial charge in [0, 0.05) is 32.2 Å². The minimum Gasteiger partial charge on any atom is -0.313 e. The first-order valence-corrected chi connectivity index (χ1v) is 6.80. The molecule has 1 atom stereocenters. The molecule has 0 saturated carbocycles. The average Bonchev–Trinajstić information content (AvgIpc) is 2.49. The molecule has 94 valence electrons. The first-order chi connectivity index (χ1) is 8.15. The van der Waals surface area contributed by atoms with Crippen LogP contribution in [0, 0.1) is 0 Å². The van der Waals surface area contributed by atoms with Crippen LogP contribution in [0.1, 0.15) is 18.9 Å². The van der Waals surface area contributed by atoms with Gasteiger partial charge in [0.05, 0.1) is 10.0 Å². The van der Waals surface area contributed by atoms with Crippen LogP contribution in [0.15, 0.2) is 18.2 Å². The second-order valence-corrected chi connectivity index (χ2v) is 5.48. The van der Waals surface area contributed by atoms with Crippen molar-refractivity contribution in [1.29, 1.82) is 0 Å². The summed E-state index contributed by atoms with van der Waals surface area (Å²) in [6.45, 7) is 6.47. The Morgan fingerprint density at radius 3 is 2.88 bits per heavy atom. The molecule has 0 spiro atoms. The lowest BCUT2D eigenvalue weighted by molar-refractivity contribution is 0.282. The van der Waals surface area contributed by atoms with Gasteiger partial charge in [-0.1, -0.05) is 29.3 Å². The topological polar surface area (TPSA) is 15.3 Å². The Labute approximate surface area is 113 Å². The third-order valence-corrected chi connectivity index (χ3v) is 3.93. The molecule has 1 heterocycles. The summed E-state index contributed by atoms with van der Waals surface area (Å²) in [4.78, 5) is 2.45. The van der Waals surface area contributed by atoms with E-state index >= 15 is 0 Å². The highest BCUT2D eigenvalue weighted by Crippen LogP contribution is 2.23. The maximum Gasteiger partial charge on any atom is 0.0595 e. The molecule has 17 heavy (non-hydrogen) atoms. The van der Waals surface area contributed by atoms with Crippen LogP contribution in [0.3, 0.4) is 0 Å². The molecule has 1 saturated heterocycles. The molecule has 0 radical (unpaired) electrons. The Morgan fingerprint density at radius 2 is 2.12 bits per heavy atom. The van der Waals surface area contributed by atoms with Crippen molar-refractivity contribution >= 4 is 23.2 Å². The third kappa shape index (κ3) is 3.85. The quantitative estimate of drug-likeness (QED) is 0.890. The van der Waals surface area contributed by atoms with Gasteiger partial charge in [-0.25, -0.2) is 0 Å². The van der Waals surface area contributed by atoms with E-state index in [1.165, 1.54) is 12.0 Å². The van der Waals surface area contributed by atoms with Gasteiger partial charge in [-0.05, 0) is 31.0 Å². The maximum absolute atomic E-state index is 6.02. The molecule has 1 unspecified atom stereocenters. The molecule has 0 aliphatic carbocycles. The largest absolute Gasteiger partial charge is 0.313 e. The molecule has 0 amide bonds. The normalized spacial score (nSPS) is 22.4. The number of benzene rings is 1. The van der Waals surface area contributed by atoms with Gasteiger partial charge in [-0.15, -0.1) is 0 Å². The fourth-order valence-corrected chi connectivity index (χ4v) is 2.43. The van der Waals surface area contributed by atoms with Crippen molar-refractivity contribution in [2.24, 2.45) is 0 Å². The predicted octanol–water partition coefficient (Wildman–Crippen LogP) is 3.18. The van der Waals surface area contributed by atoms with Gasteiger partial charge >= 0.3 is 0 Å². The molecular formula is C13H18Cl2N2. The number of nitrogens with zero attached hydrogens (tertiary/aromatic N) is 1. The molecule has 2 rings (SSSR count). The Balaban J connectivity index is 1.97. The Hall–Kier alpha value is -0.280. The summed E-state index contributed by atoms with van der Waals surface area (Å²) in [6.07, 6.45) is 1.20. The lowest BCUT2D eigenvalue weighted by Gasteiger charge is -2.19. The zero-order valence-corrected chi connectivity index (χ0v) is 11.6. The van der Waals surface area contributed by atoms with Crippen LogP contribution in [0.25, 0.3) is 0 Å². The highest BCUT2D eigenvalue weighted by atomic mass is 35.5. The van der Waals surface area contributed by atoms with E-state index in [1.807, 2.05) is 12.1 Å². The summed E-state index contributed by atoms with van der Waals surface area (Å²) >= 11 is 11.9. The average molecular weight is 273 g/mol. The SMILES string of the molecule is CC1CCN(Cc2ccc(Cl)c(Cl)c2)CCN1. The van der Waals surface area contributed by atoms with E-state index < -0.39 is 0 Å². The van der Waals surface area contributed by atoms with E-state index in [0.717, 1.165) is 26.2 Å². The molecule has 1 aromatic carbocycles. The minimum absolute atomic E-state index is 0.619. The van der Waals surface area contributed by atoms with Gasteiger partial charge in [-0.2, -0.15) is 0 Å². The van der Waals surface area contributed by atoms with Crippen LogP contribution in [0.4, 0.5) is 0 Å². The summed E-state index contributed by atoms with van der Waals surface area (Å²) in [5.74, 6) is 0. The number of hydrogen-bond acceptors (Lipinski definition) is 2. The van der Waals surface area contributed by atoms with Crippen molar-refractivity contribution in [2.45, 2.75) is 25.9 Å². The van der Waals surface area contributed by atoms with Crippen LogP contribution in [0.2, 0.25) is 10.0 Å².